The zero-order chi connectivity index (χ0) is 19.0. The van der Waals surface area contributed by atoms with Crippen molar-refractivity contribution in [2.45, 2.75) is 32.7 Å². The number of likely N-dealkylation sites (tertiary alicyclic amines) is 1. The van der Waals surface area contributed by atoms with Crippen LogP contribution in [0.15, 0.2) is 18.5 Å². The summed E-state index contributed by atoms with van der Waals surface area (Å²) in [6.45, 7) is 6.31. The van der Waals surface area contributed by atoms with E-state index in [1.165, 1.54) is 12.8 Å². The van der Waals surface area contributed by atoms with Crippen LogP contribution in [-0.2, 0) is 0 Å². The van der Waals surface area contributed by atoms with Crippen LogP contribution in [0.2, 0.25) is 0 Å². The molecule has 2 aromatic heterocycles. The Hall–Kier alpha value is -2.75. The van der Waals surface area contributed by atoms with Crippen molar-refractivity contribution in [1.82, 2.24) is 20.2 Å². The van der Waals surface area contributed by atoms with Gasteiger partial charge in [0.25, 0.3) is 0 Å². The number of carbonyl (C=O) groups excluding carboxylic acids is 1. The number of nitriles is 1. The highest BCUT2D eigenvalue weighted by Crippen LogP contribution is 2.42. The minimum atomic E-state index is 0.0145. The molecule has 2 fully saturated rings. The number of fused-ring (bicyclic) bond motifs is 1. The Morgan fingerprint density at radius 3 is 2.96 bits per heavy atom. The molecule has 3 N–H and O–H groups in total. The predicted molar refractivity (Wildman–Crippen MR) is 104 cm³/mol. The summed E-state index contributed by atoms with van der Waals surface area (Å²) in [5, 5.41) is 17.1. The number of rotatable bonds is 5. The van der Waals surface area contributed by atoms with E-state index in [9.17, 15) is 10.1 Å². The van der Waals surface area contributed by atoms with Gasteiger partial charge < -0.3 is 20.5 Å². The third kappa shape index (κ3) is 3.57. The van der Waals surface area contributed by atoms with Crippen LogP contribution in [0.1, 0.15) is 32.3 Å². The molecule has 7 heteroatoms. The zero-order valence-corrected chi connectivity index (χ0v) is 15.8. The van der Waals surface area contributed by atoms with E-state index in [1.807, 2.05) is 17.2 Å². The number of H-pyrrole nitrogens is 1. The van der Waals surface area contributed by atoms with E-state index in [4.69, 9.17) is 0 Å². The maximum Gasteiger partial charge on any atom is 0.317 e. The lowest BCUT2D eigenvalue weighted by Gasteiger charge is -2.21. The Kier molecular flexibility index (Phi) is 4.65. The molecule has 0 spiro atoms. The minimum absolute atomic E-state index is 0.0145. The molecule has 2 amide bonds. The lowest BCUT2D eigenvalue weighted by atomic mass is 9.97. The van der Waals surface area contributed by atoms with Crippen molar-refractivity contribution in [2.24, 2.45) is 17.8 Å². The quantitative estimate of drug-likeness (QED) is 0.758. The molecule has 1 aliphatic carbocycles. The van der Waals surface area contributed by atoms with E-state index in [0.29, 0.717) is 36.4 Å². The molecule has 2 atom stereocenters. The molecule has 0 aromatic carbocycles. The zero-order valence-electron chi connectivity index (χ0n) is 15.8. The van der Waals surface area contributed by atoms with Crippen molar-refractivity contribution in [1.29, 1.82) is 5.26 Å². The largest absolute Gasteiger partial charge is 0.378 e. The molecule has 2 unspecified atom stereocenters. The summed E-state index contributed by atoms with van der Waals surface area (Å²) in [6, 6.07) is 4.35. The minimum Gasteiger partial charge on any atom is -0.378 e. The molecule has 2 aliphatic rings. The third-order valence-corrected chi connectivity index (χ3v) is 5.58. The van der Waals surface area contributed by atoms with Crippen LogP contribution in [-0.4, -0.2) is 46.6 Å². The number of hydrogen-bond donors (Lipinski definition) is 3. The Bertz CT molecular complexity index is 878. The average Bonchev–Trinajstić information content (AvgIpc) is 3.23. The second-order valence-electron chi connectivity index (χ2n) is 8.14. The van der Waals surface area contributed by atoms with E-state index in [2.05, 4.69) is 40.5 Å². The van der Waals surface area contributed by atoms with Crippen molar-refractivity contribution in [3.63, 3.8) is 0 Å². The van der Waals surface area contributed by atoms with Crippen LogP contribution >= 0.6 is 0 Å². The molecule has 7 nitrogen and oxygen atoms in total. The highest BCUT2D eigenvalue weighted by molar-refractivity contribution is 5.92. The van der Waals surface area contributed by atoms with Crippen molar-refractivity contribution >= 4 is 22.8 Å². The van der Waals surface area contributed by atoms with Gasteiger partial charge in [-0.1, -0.05) is 13.8 Å². The van der Waals surface area contributed by atoms with Gasteiger partial charge in [-0.05, 0) is 30.7 Å². The van der Waals surface area contributed by atoms with Gasteiger partial charge in [0, 0.05) is 49.4 Å². The fraction of sp³-hybridized carbons (Fsp3) is 0.550. The summed E-state index contributed by atoms with van der Waals surface area (Å²) in [4.78, 5) is 21.9. The normalized spacial score (nSPS) is 22.2. The maximum atomic E-state index is 12.6. The smallest absolute Gasteiger partial charge is 0.317 e. The Morgan fingerprint density at radius 2 is 2.26 bits per heavy atom. The first-order chi connectivity index (χ1) is 13.1. The summed E-state index contributed by atoms with van der Waals surface area (Å²) in [6.07, 6.45) is 5.90. The van der Waals surface area contributed by atoms with Gasteiger partial charge in [0.05, 0.1) is 11.3 Å². The van der Waals surface area contributed by atoms with E-state index in [-0.39, 0.29) is 12.1 Å². The number of anilines is 1. The van der Waals surface area contributed by atoms with Gasteiger partial charge in [-0.25, -0.2) is 9.78 Å². The van der Waals surface area contributed by atoms with Crippen LogP contribution in [0.5, 0.6) is 0 Å². The number of aromatic amines is 1. The van der Waals surface area contributed by atoms with E-state index in [0.717, 1.165) is 23.3 Å². The first-order valence-electron chi connectivity index (χ1n) is 9.72. The monoisotopic (exact) mass is 366 g/mol. The average molecular weight is 366 g/mol. The number of nitrogens with zero attached hydrogens (tertiary/aromatic N) is 3. The number of pyridine rings is 1. The predicted octanol–water partition coefficient (Wildman–Crippen LogP) is 2.92. The SMILES string of the molecule is CC(C)CNC(=O)N1CC(Nc2c(C#N)cnc3[nH]ccc23)C(C2CC2)C1. The number of carbonyl (C=O) groups is 1. The summed E-state index contributed by atoms with van der Waals surface area (Å²) in [5.74, 6) is 1.52. The first-order valence-corrected chi connectivity index (χ1v) is 9.72. The summed E-state index contributed by atoms with van der Waals surface area (Å²) in [7, 11) is 0. The van der Waals surface area contributed by atoms with Crippen molar-refractivity contribution < 1.29 is 4.79 Å². The molecule has 1 aliphatic heterocycles. The van der Waals surface area contributed by atoms with Crippen LogP contribution in [0.25, 0.3) is 11.0 Å². The van der Waals surface area contributed by atoms with Gasteiger partial charge >= 0.3 is 6.03 Å². The standard InChI is InChI=1S/C20H26N6O/c1-12(2)8-24-20(27)26-10-16(13-3-4-13)17(11-26)25-18-14(7-21)9-23-19-15(18)5-6-22-19/h5-6,9,12-13,16-17H,3-4,8,10-11H2,1-2H3,(H,24,27)(H2,22,23,25). The van der Waals surface area contributed by atoms with Crippen LogP contribution < -0.4 is 10.6 Å². The van der Waals surface area contributed by atoms with Crippen LogP contribution in [0.4, 0.5) is 10.5 Å². The molecule has 27 heavy (non-hydrogen) atoms. The lowest BCUT2D eigenvalue weighted by molar-refractivity contribution is 0.205. The molecule has 1 saturated carbocycles. The van der Waals surface area contributed by atoms with Crippen molar-refractivity contribution in [3.8, 4) is 6.07 Å². The second kappa shape index (κ2) is 7.10. The molecule has 0 radical (unpaired) electrons. The summed E-state index contributed by atoms with van der Waals surface area (Å²) >= 11 is 0. The molecule has 1 saturated heterocycles. The lowest BCUT2D eigenvalue weighted by Crippen LogP contribution is -2.41. The molecule has 3 heterocycles. The molecule has 142 valence electrons. The summed E-state index contributed by atoms with van der Waals surface area (Å²) in [5.41, 5.74) is 2.13. The van der Waals surface area contributed by atoms with E-state index < -0.39 is 0 Å². The van der Waals surface area contributed by atoms with Crippen molar-refractivity contribution in [3.05, 3.63) is 24.0 Å². The van der Waals surface area contributed by atoms with Crippen molar-refractivity contribution in [2.75, 3.05) is 25.0 Å². The van der Waals surface area contributed by atoms with Crippen LogP contribution in [0, 0.1) is 29.1 Å². The fourth-order valence-electron chi connectivity index (χ4n) is 3.99. The van der Waals surface area contributed by atoms with Gasteiger partial charge in [0.2, 0.25) is 0 Å². The Balaban J connectivity index is 1.55. The first kappa shape index (κ1) is 17.7. The van der Waals surface area contributed by atoms with E-state index >= 15 is 0 Å². The third-order valence-electron chi connectivity index (χ3n) is 5.58. The van der Waals surface area contributed by atoms with Gasteiger partial charge in [-0.3, -0.25) is 0 Å². The highest BCUT2D eigenvalue weighted by Gasteiger charge is 2.44. The van der Waals surface area contributed by atoms with E-state index in [1.54, 1.807) is 6.20 Å². The van der Waals surface area contributed by atoms with Gasteiger partial charge in [-0.15, -0.1) is 0 Å². The van der Waals surface area contributed by atoms with Gasteiger partial charge in [0.1, 0.15) is 11.7 Å². The maximum absolute atomic E-state index is 12.6. The highest BCUT2D eigenvalue weighted by atomic mass is 16.2. The number of nitrogens with one attached hydrogen (secondary N) is 3. The van der Waals surface area contributed by atoms with Gasteiger partial charge in [-0.2, -0.15) is 5.26 Å². The molecular formula is C20H26N6O. The molecule has 2 aromatic rings. The molecule has 0 bridgehead atoms. The topological polar surface area (TPSA) is 96.8 Å². The molecule has 4 rings (SSSR count). The number of urea groups is 1. The van der Waals surface area contributed by atoms with Crippen LogP contribution in [0.3, 0.4) is 0 Å². The summed E-state index contributed by atoms with van der Waals surface area (Å²) < 4.78 is 0. The number of aromatic nitrogens is 2. The van der Waals surface area contributed by atoms with Gasteiger partial charge in [0.15, 0.2) is 0 Å². The fourth-order valence-corrected chi connectivity index (χ4v) is 3.99. The second-order valence-corrected chi connectivity index (χ2v) is 8.14. The Labute approximate surface area is 159 Å². The molecular weight excluding hydrogens is 340 g/mol. The number of amides is 2. The number of hydrogen-bond acceptors (Lipinski definition) is 4. The Morgan fingerprint density at radius 1 is 1.44 bits per heavy atom.